The predicted octanol–water partition coefficient (Wildman–Crippen LogP) is 6.51. The van der Waals surface area contributed by atoms with Gasteiger partial charge in [-0.3, -0.25) is 19.2 Å². The number of carbonyl (C=O) groups excluding carboxylic acids is 4. The second-order valence-electron chi connectivity index (χ2n) is 10.1. The second kappa shape index (κ2) is 16.4. The van der Waals surface area contributed by atoms with Crippen LogP contribution < -0.4 is 16.0 Å². The lowest BCUT2D eigenvalue weighted by molar-refractivity contribution is -0.142. The molecule has 1 heterocycles. The lowest BCUT2D eigenvalue weighted by Crippen LogP contribution is -2.30. The number of nitrogens with one attached hydrogen (secondary N) is 3. The second-order valence-corrected chi connectivity index (χ2v) is 12.1. The van der Waals surface area contributed by atoms with E-state index in [0.717, 1.165) is 10.5 Å². The number of ether oxygens (including phenoxy) is 1. The highest BCUT2D eigenvalue weighted by Crippen LogP contribution is 2.24. The van der Waals surface area contributed by atoms with Gasteiger partial charge in [0.1, 0.15) is 5.70 Å². The number of thioether (sulfide) groups is 1. The van der Waals surface area contributed by atoms with E-state index in [1.165, 1.54) is 28.7 Å². The molecule has 0 aliphatic carbocycles. The fourth-order valence-electron chi connectivity index (χ4n) is 4.06. The summed E-state index contributed by atoms with van der Waals surface area (Å²) in [6, 6.07) is 23.6. The molecule has 232 valence electrons. The van der Waals surface area contributed by atoms with Crippen LogP contribution in [0.25, 0.3) is 6.08 Å². The number of benzene rings is 3. The van der Waals surface area contributed by atoms with E-state index >= 15 is 0 Å². The number of carbonyl (C=O) groups is 4. The van der Waals surface area contributed by atoms with Gasteiger partial charge in [0.05, 0.1) is 24.5 Å². The Morgan fingerprint density at radius 3 is 2.42 bits per heavy atom. The predicted molar refractivity (Wildman–Crippen MR) is 179 cm³/mol. The van der Waals surface area contributed by atoms with Crippen LogP contribution in [0.3, 0.4) is 0 Å². The molecular formula is C34H34N4O5S2. The van der Waals surface area contributed by atoms with Crippen LogP contribution in [-0.2, 0) is 25.5 Å². The van der Waals surface area contributed by atoms with Gasteiger partial charge in [-0.1, -0.05) is 62.4 Å². The van der Waals surface area contributed by atoms with Crippen molar-refractivity contribution in [3.05, 3.63) is 112 Å². The van der Waals surface area contributed by atoms with Crippen LogP contribution in [0, 0.1) is 0 Å². The summed E-state index contributed by atoms with van der Waals surface area (Å²) in [5.74, 6) is -1.06. The fraction of sp³-hybridized carbons (Fsp3) is 0.206. The van der Waals surface area contributed by atoms with Gasteiger partial charge in [-0.25, -0.2) is 4.98 Å². The van der Waals surface area contributed by atoms with E-state index < -0.39 is 11.8 Å². The zero-order valence-corrected chi connectivity index (χ0v) is 26.8. The maximum absolute atomic E-state index is 13.4. The van der Waals surface area contributed by atoms with E-state index in [0.29, 0.717) is 34.6 Å². The standard InChI is InChI=1S/C34H34N4O5S2/c1-4-43-31(40)19-27-20-45-34(36-27)38-30(39)21-44-28-12-8-11-26(18-28)35-33(42)29(37-32(41)25-9-6-5-7-10-25)17-23-13-15-24(16-14-23)22(2)3/h5-18,20,22H,4,19,21H2,1-3H3,(H,35,42)(H,37,41)(H,36,38,39)/b29-17+. The average molecular weight is 643 g/mol. The Kier molecular flexibility index (Phi) is 12.1. The number of rotatable bonds is 13. The van der Waals surface area contributed by atoms with Crippen molar-refractivity contribution in [1.82, 2.24) is 10.3 Å². The quantitative estimate of drug-likeness (QED) is 0.0862. The van der Waals surface area contributed by atoms with Crippen LogP contribution in [0.4, 0.5) is 10.8 Å². The molecule has 0 spiro atoms. The smallest absolute Gasteiger partial charge is 0.311 e. The summed E-state index contributed by atoms with van der Waals surface area (Å²) in [4.78, 5) is 55.6. The summed E-state index contributed by atoms with van der Waals surface area (Å²) < 4.78 is 4.93. The van der Waals surface area contributed by atoms with Crippen molar-refractivity contribution in [1.29, 1.82) is 0 Å². The molecule has 4 aromatic rings. The number of hydrogen-bond donors (Lipinski definition) is 3. The Hall–Kier alpha value is -4.74. The number of amides is 3. The summed E-state index contributed by atoms with van der Waals surface area (Å²) in [6.45, 7) is 6.24. The molecule has 0 atom stereocenters. The molecule has 0 radical (unpaired) electrons. The van der Waals surface area contributed by atoms with Gasteiger partial charge in [0, 0.05) is 21.5 Å². The summed E-state index contributed by atoms with van der Waals surface area (Å²) in [5.41, 5.74) is 3.48. The molecule has 4 rings (SSSR count). The molecule has 3 aromatic carbocycles. The lowest BCUT2D eigenvalue weighted by Gasteiger charge is -2.12. The van der Waals surface area contributed by atoms with Crippen molar-refractivity contribution in [2.24, 2.45) is 0 Å². The first kappa shape index (κ1) is 33.2. The molecule has 0 bridgehead atoms. The third kappa shape index (κ3) is 10.4. The highest BCUT2D eigenvalue weighted by atomic mass is 32.2. The topological polar surface area (TPSA) is 126 Å². The Labute approximate surface area is 270 Å². The van der Waals surface area contributed by atoms with Crippen molar-refractivity contribution < 1.29 is 23.9 Å². The molecule has 9 nitrogen and oxygen atoms in total. The van der Waals surface area contributed by atoms with Crippen LogP contribution in [-0.4, -0.2) is 41.0 Å². The zero-order valence-electron chi connectivity index (χ0n) is 25.2. The van der Waals surface area contributed by atoms with Gasteiger partial charge in [0.15, 0.2) is 5.13 Å². The Morgan fingerprint density at radius 1 is 0.956 bits per heavy atom. The summed E-state index contributed by atoms with van der Waals surface area (Å²) in [6.07, 6.45) is 1.69. The molecule has 0 aliphatic heterocycles. The van der Waals surface area contributed by atoms with Crippen molar-refractivity contribution >= 4 is 63.7 Å². The van der Waals surface area contributed by atoms with Gasteiger partial charge in [-0.05, 0) is 60.4 Å². The monoisotopic (exact) mass is 642 g/mol. The third-order valence-corrected chi connectivity index (χ3v) is 8.13. The molecule has 45 heavy (non-hydrogen) atoms. The Bertz CT molecular complexity index is 1670. The van der Waals surface area contributed by atoms with E-state index in [9.17, 15) is 19.2 Å². The zero-order chi connectivity index (χ0) is 32.2. The van der Waals surface area contributed by atoms with Gasteiger partial charge < -0.3 is 20.7 Å². The van der Waals surface area contributed by atoms with Crippen LogP contribution in [0.5, 0.6) is 0 Å². The van der Waals surface area contributed by atoms with E-state index in [1.807, 2.05) is 36.4 Å². The molecule has 3 amide bonds. The Morgan fingerprint density at radius 2 is 1.71 bits per heavy atom. The van der Waals surface area contributed by atoms with Crippen LogP contribution in [0.1, 0.15) is 53.9 Å². The highest BCUT2D eigenvalue weighted by molar-refractivity contribution is 8.00. The first-order chi connectivity index (χ1) is 21.7. The van der Waals surface area contributed by atoms with Crippen molar-refractivity contribution in [2.45, 2.75) is 38.0 Å². The van der Waals surface area contributed by atoms with Gasteiger partial charge in [0.2, 0.25) is 5.91 Å². The molecule has 0 fully saturated rings. The first-order valence-corrected chi connectivity index (χ1v) is 16.2. The minimum atomic E-state index is -0.491. The summed E-state index contributed by atoms with van der Waals surface area (Å²) in [7, 11) is 0. The number of aromatic nitrogens is 1. The van der Waals surface area contributed by atoms with Crippen LogP contribution >= 0.6 is 23.1 Å². The normalized spacial score (nSPS) is 11.2. The largest absolute Gasteiger partial charge is 0.466 e. The minimum Gasteiger partial charge on any atom is -0.466 e. The van der Waals surface area contributed by atoms with Gasteiger partial charge >= 0.3 is 5.97 Å². The van der Waals surface area contributed by atoms with E-state index in [2.05, 4.69) is 34.8 Å². The molecule has 0 unspecified atom stereocenters. The third-order valence-electron chi connectivity index (χ3n) is 6.33. The minimum absolute atomic E-state index is 0.0464. The van der Waals surface area contributed by atoms with Crippen LogP contribution in [0.2, 0.25) is 0 Å². The van der Waals surface area contributed by atoms with E-state index in [4.69, 9.17) is 4.74 Å². The molecule has 0 aliphatic rings. The maximum Gasteiger partial charge on any atom is 0.311 e. The van der Waals surface area contributed by atoms with E-state index in [-0.39, 0.29) is 29.7 Å². The lowest BCUT2D eigenvalue weighted by atomic mass is 10.0. The highest BCUT2D eigenvalue weighted by Gasteiger charge is 2.16. The number of thiazole rings is 1. The molecule has 3 N–H and O–H groups in total. The van der Waals surface area contributed by atoms with Crippen LogP contribution in [0.15, 0.2) is 94.8 Å². The average Bonchev–Trinajstić information content (AvgIpc) is 3.46. The number of anilines is 2. The molecular weight excluding hydrogens is 609 g/mol. The number of nitrogens with zero attached hydrogens (tertiary/aromatic N) is 1. The number of hydrogen-bond acceptors (Lipinski definition) is 8. The maximum atomic E-state index is 13.4. The van der Waals surface area contributed by atoms with E-state index in [1.54, 1.807) is 60.8 Å². The van der Waals surface area contributed by atoms with Crippen molar-refractivity contribution in [3.8, 4) is 0 Å². The molecule has 0 saturated carbocycles. The fourth-order valence-corrected chi connectivity index (χ4v) is 5.54. The molecule has 1 aromatic heterocycles. The van der Waals surface area contributed by atoms with Gasteiger partial charge in [0.25, 0.3) is 11.8 Å². The summed E-state index contributed by atoms with van der Waals surface area (Å²) >= 11 is 2.52. The first-order valence-electron chi connectivity index (χ1n) is 14.3. The van der Waals surface area contributed by atoms with Gasteiger partial charge in [-0.2, -0.15) is 0 Å². The van der Waals surface area contributed by atoms with Gasteiger partial charge in [-0.15, -0.1) is 23.1 Å². The summed E-state index contributed by atoms with van der Waals surface area (Å²) in [5, 5.41) is 10.5. The molecule has 11 heteroatoms. The Balaban J connectivity index is 1.40. The van der Waals surface area contributed by atoms with Crippen molar-refractivity contribution in [2.75, 3.05) is 23.0 Å². The van der Waals surface area contributed by atoms with Crippen molar-refractivity contribution in [3.63, 3.8) is 0 Å². The number of esters is 1. The SMILES string of the molecule is CCOC(=O)Cc1csc(NC(=O)CSc2cccc(NC(=O)/C(=C\c3ccc(C(C)C)cc3)NC(=O)c3ccccc3)c2)n1. The molecule has 0 saturated heterocycles.